The van der Waals surface area contributed by atoms with Gasteiger partial charge in [-0.1, -0.05) is 12.1 Å². The van der Waals surface area contributed by atoms with Gasteiger partial charge in [0, 0.05) is 24.4 Å². The maximum absolute atomic E-state index is 12.9. The third-order valence-electron chi connectivity index (χ3n) is 3.95. The van der Waals surface area contributed by atoms with Crippen LogP contribution in [0.5, 0.6) is 11.5 Å². The lowest BCUT2D eigenvalue weighted by Crippen LogP contribution is -2.07. The summed E-state index contributed by atoms with van der Waals surface area (Å²) in [6.45, 7) is 0.931. The van der Waals surface area contributed by atoms with Gasteiger partial charge in [0.25, 0.3) is 0 Å². The Morgan fingerprint density at radius 3 is 2.62 bits per heavy atom. The van der Waals surface area contributed by atoms with Crippen LogP contribution in [0.25, 0.3) is 0 Å². The number of fused-ring (bicyclic) bond motifs is 1. The molecular weight excluding hydrogens is 335 g/mol. The molecule has 132 valence electrons. The first-order valence-corrected chi connectivity index (χ1v) is 8.23. The molecular formula is C19H17FN4O2. The highest BCUT2D eigenvalue weighted by Gasteiger charge is 2.13. The van der Waals surface area contributed by atoms with Crippen molar-refractivity contribution in [2.24, 2.45) is 0 Å². The molecule has 4 rings (SSSR count). The van der Waals surface area contributed by atoms with Crippen molar-refractivity contribution in [2.45, 2.75) is 6.42 Å². The molecule has 1 aromatic heterocycles. The summed E-state index contributed by atoms with van der Waals surface area (Å²) >= 11 is 0. The molecule has 2 N–H and O–H groups in total. The lowest BCUT2D eigenvalue weighted by molar-refractivity contribution is 0.174. The van der Waals surface area contributed by atoms with Crippen LogP contribution in [0.2, 0.25) is 0 Å². The van der Waals surface area contributed by atoms with E-state index in [1.807, 2.05) is 24.3 Å². The number of anilines is 3. The fraction of sp³-hybridized carbons (Fsp3) is 0.158. The van der Waals surface area contributed by atoms with Gasteiger partial charge in [0.15, 0.2) is 11.5 Å². The average Bonchev–Trinajstić information content (AvgIpc) is 3.12. The molecule has 7 heteroatoms. The molecule has 0 atom stereocenters. The van der Waals surface area contributed by atoms with E-state index in [9.17, 15) is 4.39 Å². The molecule has 2 heterocycles. The number of benzene rings is 2. The Morgan fingerprint density at radius 2 is 1.73 bits per heavy atom. The van der Waals surface area contributed by atoms with E-state index in [0.717, 1.165) is 23.4 Å². The minimum Gasteiger partial charge on any atom is -0.454 e. The van der Waals surface area contributed by atoms with Gasteiger partial charge >= 0.3 is 0 Å². The van der Waals surface area contributed by atoms with E-state index in [2.05, 4.69) is 20.6 Å². The van der Waals surface area contributed by atoms with E-state index in [-0.39, 0.29) is 12.6 Å². The molecule has 2 aromatic carbocycles. The van der Waals surface area contributed by atoms with Gasteiger partial charge in [-0.15, -0.1) is 0 Å². The first kappa shape index (κ1) is 16.1. The Morgan fingerprint density at radius 1 is 0.923 bits per heavy atom. The minimum absolute atomic E-state index is 0.225. The van der Waals surface area contributed by atoms with Crippen LogP contribution in [-0.4, -0.2) is 23.3 Å². The van der Waals surface area contributed by atoms with Gasteiger partial charge < -0.3 is 20.1 Å². The van der Waals surface area contributed by atoms with Gasteiger partial charge in [-0.05, 0) is 36.2 Å². The second kappa shape index (κ2) is 7.26. The van der Waals surface area contributed by atoms with Crippen LogP contribution in [0.15, 0.2) is 54.9 Å². The number of rotatable bonds is 6. The third kappa shape index (κ3) is 3.83. The van der Waals surface area contributed by atoms with Crippen molar-refractivity contribution in [3.05, 3.63) is 66.2 Å². The van der Waals surface area contributed by atoms with Crippen molar-refractivity contribution in [3.63, 3.8) is 0 Å². The van der Waals surface area contributed by atoms with Gasteiger partial charge in [-0.2, -0.15) is 0 Å². The number of nitrogens with zero attached hydrogens (tertiary/aromatic N) is 2. The summed E-state index contributed by atoms with van der Waals surface area (Å²) in [4.78, 5) is 8.45. The van der Waals surface area contributed by atoms with Crippen LogP contribution in [0.4, 0.5) is 21.7 Å². The quantitative estimate of drug-likeness (QED) is 0.704. The van der Waals surface area contributed by atoms with E-state index < -0.39 is 0 Å². The van der Waals surface area contributed by atoms with Crippen LogP contribution in [-0.2, 0) is 6.42 Å². The minimum atomic E-state index is -0.225. The van der Waals surface area contributed by atoms with Gasteiger partial charge in [-0.3, -0.25) is 0 Å². The van der Waals surface area contributed by atoms with Crippen LogP contribution in [0, 0.1) is 5.82 Å². The van der Waals surface area contributed by atoms with Crippen LogP contribution in [0.1, 0.15) is 5.56 Å². The summed E-state index contributed by atoms with van der Waals surface area (Å²) < 4.78 is 23.6. The highest BCUT2D eigenvalue weighted by atomic mass is 19.1. The maximum atomic E-state index is 12.9. The zero-order valence-corrected chi connectivity index (χ0v) is 13.9. The number of hydrogen-bond acceptors (Lipinski definition) is 6. The molecule has 0 amide bonds. The third-order valence-corrected chi connectivity index (χ3v) is 3.95. The SMILES string of the molecule is Fc1ccc(CCNc2cc(Nc3ccc4c(c3)OCO4)ncn2)cc1. The lowest BCUT2D eigenvalue weighted by Gasteiger charge is -2.09. The summed E-state index contributed by atoms with van der Waals surface area (Å²) in [5, 5.41) is 6.47. The molecule has 0 unspecified atom stereocenters. The number of nitrogens with one attached hydrogen (secondary N) is 2. The zero-order chi connectivity index (χ0) is 17.8. The molecule has 0 radical (unpaired) electrons. The van der Waals surface area contributed by atoms with Crippen LogP contribution >= 0.6 is 0 Å². The Kier molecular flexibility index (Phi) is 4.51. The highest BCUT2D eigenvalue weighted by Crippen LogP contribution is 2.34. The molecule has 1 aliphatic heterocycles. The van der Waals surface area contributed by atoms with Gasteiger partial charge in [0.2, 0.25) is 6.79 Å². The highest BCUT2D eigenvalue weighted by molar-refractivity contribution is 5.63. The normalized spacial score (nSPS) is 12.0. The molecule has 1 aliphatic rings. The summed E-state index contributed by atoms with van der Waals surface area (Å²) in [5.74, 6) is 2.60. The Bertz CT molecular complexity index is 902. The lowest BCUT2D eigenvalue weighted by atomic mass is 10.1. The number of aromatic nitrogens is 2. The molecule has 0 saturated heterocycles. The molecule has 0 aliphatic carbocycles. The number of halogens is 1. The zero-order valence-electron chi connectivity index (χ0n) is 13.9. The van der Waals surface area contributed by atoms with Gasteiger partial charge in [0.1, 0.15) is 23.8 Å². The number of hydrogen-bond donors (Lipinski definition) is 2. The van der Waals surface area contributed by atoms with E-state index in [0.29, 0.717) is 23.9 Å². The van der Waals surface area contributed by atoms with E-state index in [4.69, 9.17) is 9.47 Å². The Hall–Kier alpha value is -3.35. The second-order valence-corrected chi connectivity index (χ2v) is 5.78. The molecule has 6 nitrogen and oxygen atoms in total. The van der Waals surface area contributed by atoms with Crippen molar-refractivity contribution < 1.29 is 13.9 Å². The topological polar surface area (TPSA) is 68.3 Å². The van der Waals surface area contributed by atoms with E-state index >= 15 is 0 Å². The second-order valence-electron chi connectivity index (χ2n) is 5.78. The molecule has 3 aromatic rings. The predicted octanol–water partition coefficient (Wildman–Crippen LogP) is 3.74. The molecule has 0 saturated carbocycles. The van der Waals surface area contributed by atoms with Crippen molar-refractivity contribution in [1.29, 1.82) is 0 Å². The van der Waals surface area contributed by atoms with Crippen molar-refractivity contribution in [3.8, 4) is 11.5 Å². The molecule has 0 bridgehead atoms. The molecule has 0 spiro atoms. The fourth-order valence-electron chi connectivity index (χ4n) is 2.63. The Balaban J connectivity index is 1.36. The fourth-order valence-corrected chi connectivity index (χ4v) is 2.63. The monoisotopic (exact) mass is 352 g/mol. The summed E-state index contributed by atoms with van der Waals surface area (Å²) in [7, 11) is 0. The van der Waals surface area contributed by atoms with Crippen LogP contribution in [0.3, 0.4) is 0 Å². The summed E-state index contributed by atoms with van der Waals surface area (Å²) in [6, 6.07) is 13.9. The predicted molar refractivity (Wildman–Crippen MR) is 96.5 cm³/mol. The summed E-state index contributed by atoms with van der Waals surface area (Å²) in [6.07, 6.45) is 2.27. The van der Waals surface area contributed by atoms with Crippen molar-refractivity contribution >= 4 is 17.3 Å². The van der Waals surface area contributed by atoms with Crippen LogP contribution < -0.4 is 20.1 Å². The summed E-state index contributed by atoms with van der Waals surface area (Å²) in [5.41, 5.74) is 1.91. The maximum Gasteiger partial charge on any atom is 0.231 e. The number of ether oxygens (including phenoxy) is 2. The smallest absolute Gasteiger partial charge is 0.231 e. The molecule has 0 fully saturated rings. The van der Waals surface area contributed by atoms with E-state index in [1.165, 1.54) is 18.5 Å². The largest absolute Gasteiger partial charge is 0.454 e. The standard InChI is InChI=1S/C19H17FN4O2/c20-14-3-1-13(2-4-14)7-8-21-18-10-19(23-11-22-18)24-15-5-6-16-17(9-15)26-12-25-16/h1-6,9-11H,7-8,12H2,(H2,21,22,23,24). The Labute approximate surface area is 150 Å². The van der Waals surface area contributed by atoms with Crippen molar-refractivity contribution in [2.75, 3.05) is 24.0 Å². The average molecular weight is 352 g/mol. The molecule has 26 heavy (non-hydrogen) atoms. The first-order chi connectivity index (χ1) is 12.8. The van der Waals surface area contributed by atoms with Gasteiger partial charge in [0.05, 0.1) is 0 Å². The van der Waals surface area contributed by atoms with Gasteiger partial charge in [-0.25, -0.2) is 14.4 Å². The first-order valence-electron chi connectivity index (χ1n) is 8.23. The van der Waals surface area contributed by atoms with Crippen molar-refractivity contribution in [1.82, 2.24) is 9.97 Å². The van der Waals surface area contributed by atoms with E-state index in [1.54, 1.807) is 12.1 Å².